The highest BCUT2D eigenvalue weighted by Gasteiger charge is 2.19. The Hall–Kier alpha value is -6.24. The number of rotatable bonds is 5. The Bertz CT molecular complexity index is 2520. The molecule has 9 aromatic rings. The van der Waals surface area contributed by atoms with Crippen molar-refractivity contribution in [3.05, 3.63) is 194 Å². The normalized spacial score (nSPS) is 11.3. The Morgan fingerprint density at radius 2 is 0.500 bits per heavy atom. The highest BCUT2D eigenvalue weighted by atomic mass is 14.2. The maximum atomic E-state index is 2.33. The quantitative estimate of drug-likeness (QED) is 0.171. The Balaban J connectivity index is 1.25. The van der Waals surface area contributed by atoms with Crippen LogP contribution in [0.2, 0.25) is 0 Å². The summed E-state index contributed by atoms with van der Waals surface area (Å²) in [5, 5.41) is 7.59. The fraction of sp³-hybridized carbons (Fsp3) is 0. The molecule has 0 nitrogen and oxygen atoms in total. The average Bonchev–Trinajstić information content (AvgIpc) is 3.17. The van der Waals surface area contributed by atoms with Gasteiger partial charge in [0, 0.05) is 0 Å². The highest BCUT2D eigenvalue weighted by Crippen LogP contribution is 2.46. The van der Waals surface area contributed by atoms with Crippen LogP contribution in [-0.2, 0) is 0 Å². The van der Waals surface area contributed by atoms with Gasteiger partial charge in [-0.15, -0.1) is 0 Å². The Morgan fingerprint density at radius 1 is 0.167 bits per heavy atom. The maximum Gasteiger partial charge on any atom is -0.00201 e. The van der Waals surface area contributed by atoms with Crippen LogP contribution in [0.4, 0.5) is 0 Å². The monoisotopic (exact) mass is 608 g/mol. The van der Waals surface area contributed by atoms with Gasteiger partial charge in [-0.3, -0.25) is 0 Å². The van der Waals surface area contributed by atoms with E-state index in [1.54, 1.807) is 0 Å². The smallest absolute Gasteiger partial charge is 0.00201 e. The van der Waals surface area contributed by atoms with E-state index in [4.69, 9.17) is 0 Å². The third kappa shape index (κ3) is 4.70. The van der Waals surface area contributed by atoms with E-state index in [1.165, 1.54) is 88.0 Å². The summed E-state index contributed by atoms with van der Waals surface area (Å²) in [5.41, 5.74) is 12.5. The molecule has 0 aliphatic carbocycles. The minimum Gasteiger partial charge on any atom is -0.0622 e. The Labute approximate surface area is 281 Å². The molecule has 0 aliphatic rings. The number of fused-ring (bicyclic) bond motifs is 3. The fourth-order valence-corrected chi connectivity index (χ4v) is 7.54. The van der Waals surface area contributed by atoms with E-state index in [2.05, 4.69) is 194 Å². The lowest BCUT2D eigenvalue weighted by Gasteiger charge is -2.20. The molecule has 224 valence electrons. The van der Waals surface area contributed by atoms with E-state index < -0.39 is 0 Å². The van der Waals surface area contributed by atoms with Gasteiger partial charge in [0.05, 0.1) is 0 Å². The van der Waals surface area contributed by atoms with E-state index in [0.717, 1.165) is 0 Å². The molecule has 0 N–H and O–H groups in total. The van der Waals surface area contributed by atoms with Gasteiger partial charge in [0.15, 0.2) is 0 Å². The summed E-state index contributed by atoms with van der Waals surface area (Å²) in [6, 6.07) is 70.6. The van der Waals surface area contributed by atoms with Crippen molar-refractivity contribution in [3.63, 3.8) is 0 Å². The molecular weight excluding hydrogens is 577 g/mol. The SMILES string of the molecule is c1ccc(-c2ccccc2-c2ccc(-c3c4ccccc4c(-c4ccc(-c5ccccc5)c5ccccc45)c4ccccc34)cc2)cc1. The van der Waals surface area contributed by atoms with Crippen LogP contribution in [0.15, 0.2) is 194 Å². The van der Waals surface area contributed by atoms with Crippen LogP contribution in [0.1, 0.15) is 0 Å². The Kier molecular flexibility index (Phi) is 6.91. The molecule has 0 saturated carbocycles. The average molecular weight is 609 g/mol. The van der Waals surface area contributed by atoms with E-state index >= 15 is 0 Å². The molecule has 0 spiro atoms. The molecule has 0 heterocycles. The molecule has 0 unspecified atom stereocenters. The molecule has 0 bridgehead atoms. The molecule has 0 heteroatoms. The van der Waals surface area contributed by atoms with E-state index in [1.807, 2.05) is 0 Å². The molecule has 9 rings (SSSR count). The number of hydrogen-bond acceptors (Lipinski definition) is 0. The van der Waals surface area contributed by atoms with Gasteiger partial charge in [0.1, 0.15) is 0 Å². The van der Waals surface area contributed by atoms with Crippen molar-refractivity contribution < 1.29 is 0 Å². The molecular formula is C48H32. The van der Waals surface area contributed by atoms with Crippen molar-refractivity contribution in [1.29, 1.82) is 0 Å². The van der Waals surface area contributed by atoms with Crippen LogP contribution < -0.4 is 0 Å². The van der Waals surface area contributed by atoms with Crippen LogP contribution in [0, 0.1) is 0 Å². The van der Waals surface area contributed by atoms with E-state index in [9.17, 15) is 0 Å². The first-order valence-corrected chi connectivity index (χ1v) is 16.6. The van der Waals surface area contributed by atoms with Crippen LogP contribution in [0.25, 0.3) is 88.0 Å². The molecule has 0 atom stereocenters. The first kappa shape index (κ1) is 28.0. The van der Waals surface area contributed by atoms with Crippen LogP contribution in [0.5, 0.6) is 0 Å². The summed E-state index contributed by atoms with van der Waals surface area (Å²) in [6.07, 6.45) is 0. The van der Waals surface area contributed by atoms with Gasteiger partial charge < -0.3 is 0 Å². The number of hydrogen-bond donors (Lipinski definition) is 0. The van der Waals surface area contributed by atoms with E-state index in [-0.39, 0.29) is 0 Å². The molecule has 9 aromatic carbocycles. The van der Waals surface area contributed by atoms with Gasteiger partial charge >= 0.3 is 0 Å². The van der Waals surface area contributed by atoms with Crippen molar-refractivity contribution >= 4 is 32.3 Å². The molecule has 0 saturated heterocycles. The highest BCUT2D eigenvalue weighted by molar-refractivity contribution is 6.24. The molecule has 0 radical (unpaired) electrons. The second-order valence-electron chi connectivity index (χ2n) is 12.4. The van der Waals surface area contributed by atoms with Crippen molar-refractivity contribution in [2.24, 2.45) is 0 Å². The molecule has 0 aromatic heterocycles. The predicted molar refractivity (Wildman–Crippen MR) is 206 cm³/mol. The summed E-state index contributed by atoms with van der Waals surface area (Å²) >= 11 is 0. The van der Waals surface area contributed by atoms with Crippen molar-refractivity contribution in [3.8, 4) is 55.6 Å². The van der Waals surface area contributed by atoms with E-state index in [0.29, 0.717) is 0 Å². The third-order valence-electron chi connectivity index (χ3n) is 9.71. The summed E-state index contributed by atoms with van der Waals surface area (Å²) in [7, 11) is 0. The van der Waals surface area contributed by atoms with Gasteiger partial charge in [-0.2, -0.15) is 0 Å². The van der Waals surface area contributed by atoms with Crippen molar-refractivity contribution in [2.45, 2.75) is 0 Å². The summed E-state index contributed by atoms with van der Waals surface area (Å²) in [4.78, 5) is 0. The van der Waals surface area contributed by atoms with Crippen LogP contribution in [0.3, 0.4) is 0 Å². The molecule has 0 aliphatic heterocycles. The maximum absolute atomic E-state index is 2.33. The summed E-state index contributed by atoms with van der Waals surface area (Å²) in [5.74, 6) is 0. The van der Waals surface area contributed by atoms with Gasteiger partial charge in [0.2, 0.25) is 0 Å². The van der Waals surface area contributed by atoms with Crippen LogP contribution in [-0.4, -0.2) is 0 Å². The van der Waals surface area contributed by atoms with Gasteiger partial charge in [-0.1, -0.05) is 194 Å². The zero-order chi connectivity index (χ0) is 31.9. The minimum atomic E-state index is 1.22. The van der Waals surface area contributed by atoms with Crippen molar-refractivity contribution in [2.75, 3.05) is 0 Å². The van der Waals surface area contributed by atoms with Crippen LogP contribution >= 0.6 is 0 Å². The summed E-state index contributed by atoms with van der Waals surface area (Å²) in [6.45, 7) is 0. The predicted octanol–water partition coefficient (Wildman–Crippen LogP) is 13.5. The number of benzene rings is 9. The molecule has 48 heavy (non-hydrogen) atoms. The second-order valence-corrected chi connectivity index (χ2v) is 12.4. The molecule has 0 amide bonds. The zero-order valence-corrected chi connectivity index (χ0v) is 26.5. The zero-order valence-electron chi connectivity index (χ0n) is 26.5. The van der Waals surface area contributed by atoms with Gasteiger partial charge in [-0.25, -0.2) is 0 Å². The lowest BCUT2D eigenvalue weighted by atomic mass is 9.83. The Morgan fingerprint density at radius 3 is 1.02 bits per heavy atom. The second kappa shape index (κ2) is 11.8. The topological polar surface area (TPSA) is 0 Å². The van der Waals surface area contributed by atoms with Gasteiger partial charge in [-0.05, 0) is 88.0 Å². The largest absolute Gasteiger partial charge is 0.0622 e. The lowest BCUT2D eigenvalue weighted by Crippen LogP contribution is -1.92. The minimum absolute atomic E-state index is 1.22. The fourth-order valence-electron chi connectivity index (χ4n) is 7.54. The summed E-state index contributed by atoms with van der Waals surface area (Å²) < 4.78 is 0. The van der Waals surface area contributed by atoms with Crippen molar-refractivity contribution in [1.82, 2.24) is 0 Å². The first-order chi connectivity index (χ1) is 23.8. The standard InChI is InChI=1S/C48H32/c1-3-15-33(16-4-1)37-19-7-8-20-38(37)35-27-29-36(30-28-35)47-42-23-11-13-25-44(42)48(45-26-14-12-24-43(45)47)46-32-31-39(34-17-5-2-6-18-34)40-21-9-10-22-41(40)46/h1-32H. The lowest BCUT2D eigenvalue weighted by molar-refractivity contribution is 1.58. The third-order valence-corrected chi connectivity index (χ3v) is 9.71. The van der Waals surface area contributed by atoms with Gasteiger partial charge in [0.25, 0.3) is 0 Å². The first-order valence-electron chi connectivity index (χ1n) is 16.6. The molecule has 0 fully saturated rings.